The Bertz CT molecular complexity index is 4920. The van der Waals surface area contributed by atoms with Crippen molar-refractivity contribution in [3.63, 3.8) is 0 Å². The average Bonchev–Trinajstić information content (AvgIpc) is 0.701. The van der Waals surface area contributed by atoms with Crippen LogP contribution in [0.5, 0.6) is 0 Å². The van der Waals surface area contributed by atoms with Gasteiger partial charge in [0.25, 0.3) is 20.1 Å². The van der Waals surface area contributed by atoms with Gasteiger partial charge < -0.3 is 29.4 Å². The van der Waals surface area contributed by atoms with Gasteiger partial charge in [0.2, 0.25) is 0 Å². The smallest absolute Gasteiger partial charge is 0.252 e. The molecule has 0 N–H and O–H groups in total. The van der Waals surface area contributed by atoms with Crippen LogP contribution in [0.3, 0.4) is 0 Å². The quantitative estimate of drug-likeness (QED) is 0.153. The van der Waals surface area contributed by atoms with Gasteiger partial charge in [0.15, 0.2) is 0 Å². The largest absolute Gasteiger partial charge is 0.311 e. The van der Waals surface area contributed by atoms with E-state index in [-0.39, 0.29) is 20.1 Å². The lowest BCUT2D eigenvalue weighted by atomic mass is 9.30. The predicted molar refractivity (Wildman–Crippen MR) is 395 cm³/mol. The minimum absolute atomic E-state index is 0.00842. The Balaban J connectivity index is 0.000000157. The number of nitrogens with zero attached hydrogens (tertiary/aromatic N) is 6. The molecule has 0 bridgehead atoms. The van der Waals surface area contributed by atoms with Crippen molar-refractivity contribution in [2.75, 3.05) is 29.4 Å². The molecule has 6 aliphatic heterocycles. The minimum Gasteiger partial charge on any atom is -0.311 e. The van der Waals surface area contributed by atoms with Gasteiger partial charge in [-0.1, -0.05) is 206 Å². The van der Waals surface area contributed by atoms with Crippen LogP contribution in [0.15, 0.2) is 346 Å². The topological polar surface area (TPSA) is 19.4 Å². The highest BCUT2D eigenvalue weighted by atomic mass is 15.2. The number of fused-ring (bicyclic) bond motifs is 12. The van der Waals surface area contributed by atoms with Crippen LogP contribution in [0, 0.1) is 0 Å². The molecule has 20 rings (SSSR count). The van der Waals surface area contributed by atoms with Crippen LogP contribution in [0.25, 0.3) is 0 Å². The zero-order valence-corrected chi connectivity index (χ0v) is 50.8. The predicted octanol–water partition coefficient (Wildman–Crippen LogP) is 15.6. The Morgan fingerprint density at radius 3 is 0.559 bits per heavy atom. The van der Waals surface area contributed by atoms with Crippen molar-refractivity contribution in [1.29, 1.82) is 0 Å². The molecule has 0 radical (unpaired) electrons. The third-order valence-electron chi connectivity index (χ3n) is 19.8. The number of para-hydroxylation sites is 10. The second kappa shape index (κ2) is 21.4. The molecule has 0 aliphatic carbocycles. The molecule has 0 aromatic heterocycles. The summed E-state index contributed by atoms with van der Waals surface area (Å²) in [7, 11) is 0. The number of hydrogen-bond donors (Lipinski definition) is 0. The van der Waals surface area contributed by atoms with Gasteiger partial charge in [0.05, 0.1) is 0 Å². The van der Waals surface area contributed by atoms with Gasteiger partial charge >= 0.3 is 0 Å². The van der Waals surface area contributed by atoms with Gasteiger partial charge in [-0.15, -0.1) is 0 Å². The fourth-order valence-corrected chi connectivity index (χ4v) is 16.2. The van der Waals surface area contributed by atoms with Crippen molar-refractivity contribution < 1.29 is 0 Å². The van der Waals surface area contributed by atoms with Gasteiger partial charge in [0, 0.05) is 102 Å². The normalized spacial score (nSPS) is 13.6. The number of hydrogen-bond acceptors (Lipinski definition) is 6. The van der Waals surface area contributed by atoms with Crippen molar-refractivity contribution in [3.8, 4) is 0 Å². The second-order valence-electron chi connectivity index (χ2n) is 24.7. The lowest BCUT2D eigenvalue weighted by Gasteiger charge is -2.47. The Morgan fingerprint density at radius 2 is 0.323 bits per heavy atom. The first-order valence-corrected chi connectivity index (χ1v) is 32.3. The highest BCUT2D eigenvalue weighted by Gasteiger charge is 2.49. The van der Waals surface area contributed by atoms with Crippen molar-refractivity contribution in [3.05, 3.63) is 346 Å². The Hall–Kier alpha value is -11.9. The molecule has 14 aromatic rings. The molecule has 0 saturated heterocycles. The maximum absolute atomic E-state index is 2.59. The molecular formula is C84H57B3N6. The van der Waals surface area contributed by atoms with Crippen molar-refractivity contribution in [2.45, 2.75) is 0 Å². The molecule has 0 fully saturated rings. The summed E-state index contributed by atoms with van der Waals surface area (Å²) in [6.45, 7) is 0.215. The molecule has 0 amide bonds. The fourth-order valence-electron chi connectivity index (χ4n) is 16.2. The maximum Gasteiger partial charge on any atom is 0.252 e. The highest BCUT2D eigenvalue weighted by Crippen LogP contribution is 2.49. The van der Waals surface area contributed by atoms with Gasteiger partial charge in [-0.2, -0.15) is 0 Å². The van der Waals surface area contributed by atoms with Crippen LogP contribution in [0.1, 0.15) is 0 Å². The molecule has 6 nitrogen and oxygen atoms in total. The van der Waals surface area contributed by atoms with E-state index in [9.17, 15) is 0 Å². The Kier molecular flexibility index (Phi) is 12.2. The van der Waals surface area contributed by atoms with E-state index >= 15 is 0 Å². The molecule has 0 atom stereocenters. The van der Waals surface area contributed by atoms with Crippen molar-refractivity contribution in [1.82, 2.24) is 0 Å². The third kappa shape index (κ3) is 8.06. The standard InChI is InChI=1S/C54H36B2N4.C30H21BN2/c1-5-19-37(20-6-1)57-45-29-15-13-27-41(45)55-43-35-44-52(36-51(43)59(39-23-9-3-10-24-39)49-33-17-31-47(57)53(49)55)60(40-25-11-4-12-26-40)50-34-18-32-48-54(50)56(44)42-28-14-16-30-46(42)58(48)38-21-7-2-8-22-38;1-3-12-22(13-4-1)32-26-18-9-7-16-24(26)31-25-17-8-10-19-27(25)33(23-14-5-2-6-15-23)29-21-11-20-28(32)30(29)31/h1-36H;1-21H. The van der Waals surface area contributed by atoms with Gasteiger partial charge in [-0.3, -0.25) is 0 Å². The molecule has 9 heteroatoms. The average molecular weight is 1180 g/mol. The molecule has 0 spiro atoms. The van der Waals surface area contributed by atoms with E-state index in [0.717, 1.165) is 22.7 Å². The summed E-state index contributed by atoms with van der Waals surface area (Å²) < 4.78 is 0. The molecule has 432 valence electrons. The first kappa shape index (κ1) is 53.0. The van der Waals surface area contributed by atoms with E-state index in [1.807, 2.05) is 0 Å². The molecular weight excluding hydrogens is 1130 g/mol. The van der Waals surface area contributed by atoms with E-state index in [1.165, 1.54) is 129 Å². The van der Waals surface area contributed by atoms with Crippen LogP contribution in [0.2, 0.25) is 0 Å². The van der Waals surface area contributed by atoms with Crippen LogP contribution < -0.4 is 78.6 Å². The summed E-state index contributed by atoms with van der Waals surface area (Å²) in [5.74, 6) is 0. The van der Waals surface area contributed by atoms with E-state index in [2.05, 4.69) is 375 Å². The zero-order chi connectivity index (χ0) is 61.1. The lowest BCUT2D eigenvalue weighted by molar-refractivity contribution is 1.23. The van der Waals surface area contributed by atoms with E-state index < -0.39 is 0 Å². The molecule has 0 unspecified atom stereocenters. The van der Waals surface area contributed by atoms with Crippen molar-refractivity contribution in [2.24, 2.45) is 0 Å². The first-order valence-electron chi connectivity index (χ1n) is 32.3. The molecule has 6 heterocycles. The first-order chi connectivity index (χ1) is 46.2. The maximum atomic E-state index is 2.59. The summed E-state index contributed by atoms with van der Waals surface area (Å²) in [6, 6.07) is 126. The van der Waals surface area contributed by atoms with Gasteiger partial charge in [-0.25, -0.2) is 0 Å². The van der Waals surface area contributed by atoms with E-state index in [1.54, 1.807) is 0 Å². The number of benzene rings is 14. The summed E-state index contributed by atoms with van der Waals surface area (Å²) in [5, 5.41) is 0. The summed E-state index contributed by atoms with van der Waals surface area (Å²) >= 11 is 0. The van der Waals surface area contributed by atoms with Crippen LogP contribution >= 0.6 is 0 Å². The highest BCUT2D eigenvalue weighted by molar-refractivity contribution is 7.03. The SMILES string of the molecule is c1ccc(N2c3ccccc3B3c4cc5c(cc4N(c4ccccc4)c4cccc2c43)N(c2ccccc2)c2cccc3c2B5c2ccccc2N3c2ccccc2)cc1.c1ccc(N2c3ccccc3B3c4ccccc4N(c4ccccc4)c4cccc2c43)cc1. The van der Waals surface area contributed by atoms with Gasteiger partial charge in [0.1, 0.15) is 0 Å². The third-order valence-corrected chi connectivity index (χ3v) is 19.8. The molecule has 0 saturated carbocycles. The fraction of sp³-hybridized carbons (Fsp3) is 0. The molecule has 93 heavy (non-hydrogen) atoms. The van der Waals surface area contributed by atoms with Crippen LogP contribution in [-0.2, 0) is 0 Å². The van der Waals surface area contributed by atoms with E-state index in [4.69, 9.17) is 0 Å². The number of rotatable bonds is 6. The Labute approximate surface area is 543 Å². The molecule has 6 aliphatic rings. The number of anilines is 18. The minimum atomic E-state index is 0.00842. The zero-order valence-electron chi connectivity index (χ0n) is 50.8. The lowest BCUT2D eigenvalue weighted by Crippen LogP contribution is -2.65. The van der Waals surface area contributed by atoms with Crippen LogP contribution in [0.4, 0.5) is 102 Å². The van der Waals surface area contributed by atoms with Gasteiger partial charge in [-0.05, 0) is 189 Å². The summed E-state index contributed by atoms with van der Waals surface area (Å²) in [5.41, 5.74) is 33.6. The van der Waals surface area contributed by atoms with Crippen molar-refractivity contribution >= 4 is 172 Å². The second-order valence-corrected chi connectivity index (χ2v) is 24.7. The summed E-state index contributed by atoms with van der Waals surface area (Å²) in [4.78, 5) is 14.8. The monoisotopic (exact) mass is 1180 g/mol. The molecule has 14 aromatic carbocycles. The Morgan fingerprint density at radius 1 is 0.140 bits per heavy atom. The van der Waals surface area contributed by atoms with E-state index in [0.29, 0.717) is 0 Å². The van der Waals surface area contributed by atoms with Crippen LogP contribution in [-0.4, -0.2) is 20.1 Å². The summed E-state index contributed by atoms with van der Waals surface area (Å²) in [6.07, 6.45) is 0.